The molecule has 6 aromatic carbocycles. The quantitative estimate of drug-likeness (QED) is 0.174. The molecule has 48 heavy (non-hydrogen) atoms. The molecule has 3 aromatic heterocycles. The molecule has 0 spiro atoms. The fraction of sp³-hybridized carbons (Fsp3) is 0.0227. The van der Waals surface area contributed by atoms with E-state index in [4.69, 9.17) is 0 Å². The maximum Gasteiger partial charge on any atom is 0.0992 e. The Morgan fingerprint density at radius 1 is 0.604 bits per heavy atom. The van der Waals surface area contributed by atoms with Gasteiger partial charge in [-0.2, -0.15) is 5.26 Å². The summed E-state index contributed by atoms with van der Waals surface area (Å²) in [6.45, 7) is 2.10. The average molecular weight is 632 g/mol. The molecule has 0 bridgehead atoms. The van der Waals surface area contributed by atoms with E-state index in [9.17, 15) is 5.26 Å². The van der Waals surface area contributed by atoms with Crippen LogP contribution in [0.3, 0.4) is 0 Å². The van der Waals surface area contributed by atoms with Crippen LogP contribution in [0, 0.1) is 11.3 Å². The van der Waals surface area contributed by atoms with Crippen molar-refractivity contribution >= 4 is 86.9 Å². The number of benzene rings is 6. The van der Waals surface area contributed by atoms with E-state index >= 15 is 0 Å². The van der Waals surface area contributed by atoms with Crippen LogP contribution < -0.4 is 0 Å². The van der Waals surface area contributed by atoms with Crippen LogP contribution in [-0.2, 0) is 0 Å². The molecule has 0 fully saturated rings. The molecule has 3 nitrogen and oxygen atoms in total. The Kier molecular flexibility index (Phi) is 6.60. The molecule has 0 N–H and O–H groups in total. The molecule has 0 amide bonds. The van der Waals surface area contributed by atoms with Gasteiger partial charge in [0.15, 0.2) is 0 Å². The number of nitriles is 1. The van der Waals surface area contributed by atoms with E-state index < -0.39 is 0 Å². The Labute approximate surface area is 281 Å². The summed E-state index contributed by atoms with van der Waals surface area (Å²) in [6.07, 6.45) is 10.8. The van der Waals surface area contributed by atoms with Crippen LogP contribution in [0.15, 0.2) is 152 Å². The summed E-state index contributed by atoms with van der Waals surface area (Å²) in [4.78, 5) is 0. The lowest BCUT2D eigenvalue weighted by Crippen LogP contribution is -1.93. The second-order valence-corrected chi connectivity index (χ2v) is 13.1. The van der Waals surface area contributed by atoms with E-state index in [1.807, 2.05) is 23.5 Å². The van der Waals surface area contributed by atoms with Crippen molar-refractivity contribution in [2.24, 2.45) is 0 Å². The van der Waals surface area contributed by atoms with Gasteiger partial charge in [-0.3, -0.25) is 0 Å². The highest BCUT2D eigenvalue weighted by Crippen LogP contribution is 2.38. The summed E-state index contributed by atoms with van der Waals surface area (Å²) in [5.41, 5.74) is 8.65. The van der Waals surface area contributed by atoms with Crippen molar-refractivity contribution in [1.29, 1.82) is 5.26 Å². The van der Waals surface area contributed by atoms with Crippen molar-refractivity contribution in [3.63, 3.8) is 0 Å². The summed E-state index contributed by atoms with van der Waals surface area (Å²) in [7, 11) is 0. The number of aromatic nitrogens is 2. The number of fused-ring (bicyclic) bond motifs is 9. The van der Waals surface area contributed by atoms with Gasteiger partial charge in [-0.05, 0) is 79.2 Å². The Bertz CT molecular complexity index is 2810. The van der Waals surface area contributed by atoms with Crippen LogP contribution in [0.2, 0.25) is 0 Å². The van der Waals surface area contributed by atoms with Crippen LogP contribution >= 0.6 is 11.3 Å². The molecule has 9 aromatic rings. The Balaban J connectivity index is 1.09. The first-order chi connectivity index (χ1) is 23.7. The van der Waals surface area contributed by atoms with E-state index in [1.54, 1.807) is 0 Å². The lowest BCUT2D eigenvalue weighted by atomic mass is 10.1. The molecule has 226 valence electrons. The lowest BCUT2D eigenvalue weighted by Gasteiger charge is -2.08. The fourth-order valence-electron chi connectivity index (χ4n) is 7.17. The Morgan fingerprint density at radius 3 is 1.94 bits per heavy atom. The average Bonchev–Trinajstić information content (AvgIpc) is 3.78. The number of hydrogen-bond donors (Lipinski definition) is 0. The molecule has 3 heterocycles. The van der Waals surface area contributed by atoms with Crippen LogP contribution in [0.4, 0.5) is 0 Å². The molecule has 0 radical (unpaired) electrons. The third-order valence-electron chi connectivity index (χ3n) is 9.34. The molecular formula is C44H29N3S. The fourth-order valence-corrected chi connectivity index (χ4v) is 8.23. The second-order valence-electron chi connectivity index (χ2n) is 12.0. The molecule has 0 aliphatic rings. The van der Waals surface area contributed by atoms with Gasteiger partial charge in [0.1, 0.15) is 0 Å². The third kappa shape index (κ3) is 4.41. The highest BCUT2D eigenvalue weighted by atomic mass is 32.1. The first kappa shape index (κ1) is 28.1. The Hall–Kier alpha value is -6.15. The maximum atomic E-state index is 9.66. The third-order valence-corrected chi connectivity index (χ3v) is 10.5. The van der Waals surface area contributed by atoms with Gasteiger partial charge in [0, 0.05) is 53.1 Å². The van der Waals surface area contributed by atoms with Crippen molar-refractivity contribution in [2.75, 3.05) is 0 Å². The van der Waals surface area contributed by atoms with Gasteiger partial charge in [-0.25, -0.2) is 0 Å². The summed E-state index contributed by atoms with van der Waals surface area (Å²) in [5.74, 6) is 0. The predicted octanol–water partition coefficient (Wildman–Crippen LogP) is 12.3. The largest absolute Gasteiger partial charge is 0.310 e. The van der Waals surface area contributed by atoms with Crippen LogP contribution in [-0.4, -0.2) is 9.13 Å². The molecule has 4 heteroatoms. The number of nitrogens with zero attached hydrogens (tertiary/aromatic N) is 3. The SMILES string of the molecule is C\C=C(/C=C\C=C\c1ccc2sc3ccc(-n4c5ccccc5c5ccc(C#N)cc54)cc3c2c1)n1c2ccccc2c2ccccc21. The van der Waals surface area contributed by atoms with Crippen LogP contribution in [0.1, 0.15) is 18.1 Å². The van der Waals surface area contributed by atoms with Gasteiger partial charge < -0.3 is 9.13 Å². The topological polar surface area (TPSA) is 33.6 Å². The molecule has 0 unspecified atom stereocenters. The normalized spacial score (nSPS) is 12.6. The minimum atomic E-state index is 0.663. The van der Waals surface area contributed by atoms with Gasteiger partial charge in [0.2, 0.25) is 0 Å². The molecule has 0 saturated heterocycles. The summed E-state index contributed by atoms with van der Waals surface area (Å²) < 4.78 is 7.16. The van der Waals surface area contributed by atoms with Crippen molar-refractivity contribution in [3.05, 3.63) is 163 Å². The van der Waals surface area contributed by atoms with Crippen molar-refractivity contribution in [1.82, 2.24) is 9.13 Å². The summed E-state index contributed by atoms with van der Waals surface area (Å²) >= 11 is 1.82. The van der Waals surface area contributed by atoms with E-state index in [0.29, 0.717) is 5.56 Å². The standard InChI is InChI=1S/C44H29N3S/c1-2-31(46-39-16-8-5-13-33(39)34-14-6-9-17-40(34)46)12-4-3-11-29-20-23-43-37(25-29)38-27-32(21-24-44(38)48-43)47-41-18-10-7-15-35(41)36-22-19-30(28-45)26-42(36)47/h2-27H,1H3/b11-3+,12-4-,31-2+. The van der Waals surface area contributed by atoms with Gasteiger partial charge in [-0.1, -0.05) is 91.0 Å². The monoisotopic (exact) mass is 631 g/mol. The number of allylic oxidation sites excluding steroid dienone is 5. The van der Waals surface area contributed by atoms with Crippen molar-refractivity contribution < 1.29 is 0 Å². The van der Waals surface area contributed by atoms with E-state index in [-0.39, 0.29) is 0 Å². The zero-order chi connectivity index (χ0) is 32.2. The second kappa shape index (κ2) is 11.3. The first-order valence-corrected chi connectivity index (χ1v) is 16.9. The first-order valence-electron chi connectivity index (χ1n) is 16.1. The molecule has 0 aliphatic heterocycles. The number of rotatable bonds is 5. The van der Waals surface area contributed by atoms with Gasteiger partial charge in [0.25, 0.3) is 0 Å². The number of hydrogen-bond acceptors (Lipinski definition) is 2. The summed E-state index contributed by atoms with van der Waals surface area (Å²) in [6, 6.07) is 47.5. The van der Waals surface area contributed by atoms with Gasteiger partial charge in [0.05, 0.1) is 33.7 Å². The predicted molar refractivity (Wildman–Crippen MR) is 206 cm³/mol. The van der Waals surface area contributed by atoms with E-state index in [1.165, 1.54) is 47.4 Å². The van der Waals surface area contributed by atoms with Crippen molar-refractivity contribution in [3.8, 4) is 11.8 Å². The van der Waals surface area contributed by atoms with Gasteiger partial charge in [-0.15, -0.1) is 11.3 Å². The summed E-state index contributed by atoms with van der Waals surface area (Å²) in [5, 5.41) is 17.0. The maximum absolute atomic E-state index is 9.66. The highest BCUT2D eigenvalue weighted by Gasteiger charge is 2.15. The molecule has 0 aliphatic carbocycles. The molecule has 0 atom stereocenters. The van der Waals surface area contributed by atoms with Gasteiger partial charge >= 0.3 is 0 Å². The van der Waals surface area contributed by atoms with Crippen LogP contribution in [0.25, 0.3) is 81.2 Å². The lowest BCUT2D eigenvalue weighted by molar-refractivity contribution is 1.19. The zero-order valence-corrected chi connectivity index (χ0v) is 27.1. The number of thiophene rings is 1. The number of para-hydroxylation sites is 3. The minimum absolute atomic E-state index is 0.663. The van der Waals surface area contributed by atoms with E-state index in [2.05, 4.69) is 168 Å². The highest BCUT2D eigenvalue weighted by molar-refractivity contribution is 7.25. The van der Waals surface area contributed by atoms with Crippen LogP contribution in [0.5, 0.6) is 0 Å². The van der Waals surface area contributed by atoms with E-state index in [0.717, 1.165) is 33.4 Å². The molecule has 9 rings (SSSR count). The minimum Gasteiger partial charge on any atom is -0.310 e. The zero-order valence-electron chi connectivity index (χ0n) is 26.3. The van der Waals surface area contributed by atoms with Crippen molar-refractivity contribution in [2.45, 2.75) is 6.92 Å². The smallest absolute Gasteiger partial charge is 0.0992 e. The molecule has 0 saturated carbocycles. The molecular weight excluding hydrogens is 603 g/mol. The Morgan fingerprint density at radius 2 is 1.23 bits per heavy atom.